The van der Waals surface area contributed by atoms with Gasteiger partial charge in [-0.15, -0.1) is 0 Å². The summed E-state index contributed by atoms with van der Waals surface area (Å²) in [7, 11) is 5.95. The molecule has 0 fully saturated rings. The predicted molar refractivity (Wildman–Crippen MR) is 373 cm³/mol. The topological polar surface area (TPSA) is 51.1 Å². The Balaban J connectivity index is 0.000000118. The van der Waals surface area contributed by atoms with E-state index < -0.39 is 13.7 Å². The zero-order chi connectivity index (χ0) is 66.5. The third kappa shape index (κ3) is 9.55. The minimum Gasteiger partial charge on any atom is -0.449 e. The smallest absolute Gasteiger partial charge is 0.256 e. The molecule has 90 heavy (non-hydrogen) atoms. The fourth-order valence-corrected chi connectivity index (χ4v) is 13.5. The van der Waals surface area contributed by atoms with Crippen molar-refractivity contribution in [2.45, 2.75) is 41.4 Å². The number of benzene rings is 11. The molecule has 6 heteroatoms. The highest BCUT2D eigenvalue weighted by Gasteiger charge is 2.27. The summed E-state index contributed by atoms with van der Waals surface area (Å²) in [5.74, 6) is 0. The van der Waals surface area contributed by atoms with Crippen molar-refractivity contribution in [1.82, 2.24) is 0 Å². The maximum absolute atomic E-state index is 8.20. The second-order valence-corrected chi connectivity index (χ2v) is 23.8. The van der Waals surface area contributed by atoms with Crippen LogP contribution in [0, 0.1) is 41.4 Å². The standard InChI is InChI=1S/C30H24NO.C29H22NO.C25H22NO/c1-19-8-10-21(11-9-19)22-12-14-25-23(18-22)13-15-27-28(25)26-16-17-31(3)29(30(26)32-27)24-7-5-4-6-20(24)2;1-19-8-6-7-11-23(19)28-29-25(16-17-30(28)2)27-24-14-12-21(20-9-4-3-5-10-20)18-22(24)13-15-26(27)31-29;1-15-9-11-19(16(2)13-15)24-25-22(17(3)14-26(24)4)23-20-8-6-5-7-18(20)10-12-21(23)27-25/h4-18H,1-3H3;3-18H,1-2H3;5-14H,1-4H3/q3*+1/i;;1D3,3D3. The summed E-state index contributed by atoms with van der Waals surface area (Å²) in [6.45, 7) is 3.73. The fraction of sp³-hybridized carbons (Fsp3) is 0.107. The first-order valence-corrected chi connectivity index (χ1v) is 30.5. The number of aromatic nitrogens is 3. The van der Waals surface area contributed by atoms with E-state index in [1.54, 1.807) is 36.0 Å². The lowest BCUT2D eigenvalue weighted by atomic mass is 9.97. The van der Waals surface area contributed by atoms with Gasteiger partial charge in [-0.2, -0.15) is 13.7 Å². The predicted octanol–water partition coefficient (Wildman–Crippen LogP) is 20.9. The number of pyridine rings is 3. The maximum Gasteiger partial charge on any atom is 0.256 e. The maximum atomic E-state index is 8.20. The van der Waals surface area contributed by atoms with Gasteiger partial charge in [0.2, 0.25) is 16.7 Å². The molecule has 0 amide bonds. The number of fused-ring (bicyclic) bond motifs is 15. The number of rotatable bonds is 5. The summed E-state index contributed by atoms with van der Waals surface area (Å²) >= 11 is 0. The molecule has 0 radical (unpaired) electrons. The summed E-state index contributed by atoms with van der Waals surface area (Å²) in [5.41, 5.74) is 20.9. The minimum absolute atomic E-state index is 0.218. The van der Waals surface area contributed by atoms with Crippen LogP contribution >= 0.6 is 0 Å². The van der Waals surface area contributed by atoms with Crippen molar-refractivity contribution in [2.24, 2.45) is 21.1 Å². The zero-order valence-electron chi connectivity index (χ0n) is 57.2. The second-order valence-electron chi connectivity index (χ2n) is 23.8. The molecule has 0 saturated carbocycles. The highest BCUT2D eigenvalue weighted by Crippen LogP contribution is 2.43. The zero-order valence-corrected chi connectivity index (χ0v) is 51.2. The van der Waals surface area contributed by atoms with E-state index in [4.69, 9.17) is 21.5 Å². The Bertz CT molecular complexity index is 5960. The normalized spacial score (nSPS) is 12.9. The van der Waals surface area contributed by atoms with Crippen molar-refractivity contribution in [2.75, 3.05) is 0 Å². The molecule has 6 heterocycles. The molecule has 0 atom stereocenters. The van der Waals surface area contributed by atoms with Gasteiger partial charge in [-0.05, 0) is 161 Å². The van der Waals surface area contributed by atoms with E-state index in [0.29, 0.717) is 22.2 Å². The van der Waals surface area contributed by atoms with Crippen LogP contribution in [-0.2, 0) is 21.1 Å². The molecule has 0 aliphatic heterocycles. The Hall–Kier alpha value is -11.0. The SMILES string of the molecule is Cc1ccc(-c2ccc3c(ccc4oc5c(-c6ccccc6C)[n+](C)ccc5c43)c2)cc1.Cc1ccccc1-c1c2oc3ccc4cc(-c5ccccc5)ccc4c3c2cc[n+]1C.[2H]C([2H])([2H])c1ccc(-c2c3oc4ccc5ccccc5c4c3c(C([2H])([2H])[2H])c[n+]2C)c(C)c1. The Morgan fingerprint density at radius 1 is 0.300 bits per heavy atom. The highest BCUT2D eigenvalue weighted by molar-refractivity contribution is 6.23. The van der Waals surface area contributed by atoms with Gasteiger partial charge < -0.3 is 13.3 Å². The summed E-state index contributed by atoms with van der Waals surface area (Å²) in [6, 6.07) is 79.3. The molecule has 6 aromatic heterocycles. The number of hydrogen-bond donors (Lipinski definition) is 0. The van der Waals surface area contributed by atoms with Crippen molar-refractivity contribution in [3.63, 3.8) is 0 Å². The molecule has 0 saturated heterocycles. The van der Waals surface area contributed by atoms with Crippen LogP contribution in [-0.4, -0.2) is 0 Å². The molecule has 6 nitrogen and oxygen atoms in total. The van der Waals surface area contributed by atoms with Gasteiger partial charge in [0.15, 0.2) is 18.6 Å². The van der Waals surface area contributed by atoms with E-state index in [2.05, 4.69) is 232 Å². The van der Waals surface area contributed by atoms with Crippen LogP contribution in [0.5, 0.6) is 0 Å². The first-order chi connectivity index (χ1) is 46.3. The van der Waals surface area contributed by atoms with E-state index in [-0.39, 0.29) is 11.1 Å². The first kappa shape index (κ1) is 49.1. The average molecular weight is 1170 g/mol. The molecule has 0 unspecified atom stereocenters. The monoisotopic (exact) mass is 1170 g/mol. The Morgan fingerprint density at radius 2 is 0.767 bits per heavy atom. The molecule has 17 aromatic rings. The third-order valence-electron chi connectivity index (χ3n) is 18.0. The van der Waals surface area contributed by atoms with Crippen molar-refractivity contribution in [3.05, 3.63) is 282 Å². The average Bonchev–Trinajstić information content (AvgIpc) is 1.68. The quantitative estimate of drug-likeness (QED) is 0.161. The summed E-state index contributed by atoms with van der Waals surface area (Å²) in [5, 5.41) is 12.8. The fourth-order valence-electron chi connectivity index (χ4n) is 13.5. The van der Waals surface area contributed by atoms with Gasteiger partial charge in [0.1, 0.15) is 37.9 Å². The van der Waals surface area contributed by atoms with Crippen LogP contribution in [0.1, 0.15) is 41.6 Å². The summed E-state index contributed by atoms with van der Waals surface area (Å²) < 4.78 is 73.1. The molecule has 434 valence electrons. The van der Waals surface area contributed by atoms with Crippen LogP contribution < -0.4 is 13.7 Å². The van der Waals surface area contributed by atoms with Gasteiger partial charge in [-0.25, -0.2) is 0 Å². The lowest BCUT2D eigenvalue weighted by Gasteiger charge is -2.07. The Kier molecular flexibility index (Phi) is 12.2. The number of furan rings is 3. The van der Waals surface area contributed by atoms with Crippen LogP contribution in [0.15, 0.2) is 262 Å². The molecule has 0 bridgehead atoms. The lowest BCUT2D eigenvalue weighted by Crippen LogP contribution is -2.31. The molecular weight excluding hydrogens is 1100 g/mol. The summed E-state index contributed by atoms with van der Waals surface area (Å²) in [4.78, 5) is 0. The minimum atomic E-state index is -2.34. The van der Waals surface area contributed by atoms with E-state index in [1.165, 1.54) is 82.4 Å². The van der Waals surface area contributed by atoms with E-state index in [9.17, 15) is 0 Å². The molecule has 11 aromatic carbocycles. The van der Waals surface area contributed by atoms with Crippen LogP contribution in [0.3, 0.4) is 0 Å². The van der Waals surface area contributed by atoms with E-state index >= 15 is 0 Å². The van der Waals surface area contributed by atoms with Crippen LogP contribution in [0.2, 0.25) is 0 Å². The van der Waals surface area contributed by atoms with Gasteiger partial charge in [-0.1, -0.05) is 181 Å². The van der Waals surface area contributed by atoms with E-state index in [1.807, 2.05) is 43.3 Å². The van der Waals surface area contributed by atoms with Gasteiger partial charge in [0.05, 0.1) is 16.7 Å². The highest BCUT2D eigenvalue weighted by atomic mass is 16.3. The first-order valence-electron chi connectivity index (χ1n) is 33.5. The third-order valence-corrected chi connectivity index (χ3v) is 18.0. The summed E-state index contributed by atoms with van der Waals surface area (Å²) in [6.07, 6.45) is 5.91. The molecule has 0 aliphatic carbocycles. The molecule has 0 aliphatic rings. The van der Waals surface area contributed by atoms with Crippen molar-refractivity contribution in [1.29, 1.82) is 0 Å². The molecular formula is C84H68N3O3+3. The van der Waals surface area contributed by atoms with Crippen molar-refractivity contribution >= 4 is 98.1 Å². The van der Waals surface area contributed by atoms with Gasteiger partial charge in [0, 0.05) is 58.2 Å². The van der Waals surface area contributed by atoms with Crippen LogP contribution in [0.4, 0.5) is 0 Å². The Labute approximate surface area is 531 Å². The number of aryl methyl sites for hydroxylation is 9. The number of nitrogens with zero attached hydrogens (tertiary/aromatic N) is 3. The molecule has 17 rings (SSSR count). The van der Waals surface area contributed by atoms with Crippen molar-refractivity contribution < 1.29 is 35.2 Å². The lowest BCUT2D eigenvalue weighted by molar-refractivity contribution is -0.659. The second kappa shape index (κ2) is 22.3. The van der Waals surface area contributed by atoms with Crippen LogP contribution in [0.25, 0.3) is 154 Å². The largest absolute Gasteiger partial charge is 0.449 e. The van der Waals surface area contributed by atoms with Gasteiger partial charge in [-0.3, -0.25) is 0 Å². The Morgan fingerprint density at radius 3 is 1.33 bits per heavy atom. The number of hydrogen-bond acceptors (Lipinski definition) is 3. The van der Waals surface area contributed by atoms with E-state index in [0.717, 1.165) is 71.8 Å². The van der Waals surface area contributed by atoms with Gasteiger partial charge in [0.25, 0.3) is 17.1 Å². The molecule has 0 N–H and O–H groups in total. The molecule has 0 spiro atoms. The van der Waals surface area contributed by atoms with Gasteiger partial charge >= 0.3 is 0 Å². The van der Waals surface area contributed by atoms with Crippen molar-refractivity contribution in [3.8, 4) is 56.0 Å².